The first kappa shape index (κ1) is 26.2. The minimum Gasteiger partial charge on any atom is -0.496 e. The van der Waals surface area contributed by atoms with Crippen LogP contribution in [0.25, 0.3) is 0 Å². The van der Waals surface area contributed by atoms with Gasteiger partial charge < -0.3 is 14.9 Å². The van der Waals surface area contributed by atoms with Gasteiger partial charge in [0, 0.05) is 48.8 Å². The van der Waals surface area contributed by atoms with Gasteiger partial charge in [0.05, 0.1) is 7.11 Å². The van der Waals surface area contributed by atoms with Crippen molar-refractivity contribution in [3.05, 3.63) is 64.1 Å². The summed E-state index contributed by atoms with van der Waals surface area (Å²) >= 11 is 3.59. The Hall–Kier alpha value is -2.42. The molecule has 1 aliphatic carbocycles. The highest BCUT2D eigenvalue weighted by Gasteiger charge is 2.29. The van der Waals surface area contributed by atoms with E-state index in [4.69, 9.17) is 24.5 Å². The van der Waals surface area contributed by atoms with Crippen molar-refractivity contribution in [3.8, 4) is 5.75 Å². The summed E-state index contributed by atoms with van der Waals surface area (Å²) in [6, 6.07) is 18.2. The molecule has 0 radical (unpaired) electrons. The fourth-order valence-corrected chi connectivity index (χ4v) is 5.31. The average Bonchev–Trinajstić information content (AvgIpc) is 2.86. The van der Waals surface area contributed by atoms with Crippen LogP contribution in [0.4, 0.5) is 0 Å². The predicted molar refractivity (Wildman–Crippen MR) is 134 cm³/mol. The Morgan fingerprint density at radius 3 is 2.12 bits per heavy atom. The van der Waals surface area contributed by atoms with Crippen LogP contribution in [0.5, 0.6) is 5.75 Å². The van der Waals surface area contributed by atoms with Crippen LogP contribution in [-0.2, 0) is 16.1 Å². The molecule has 1 saturated heterocycles. The van der Waals surface area contributed by atoms with Crippen LogP contribution in [0, 0.1) is 0 Å². The Morgan fingerprint density at radius 1 is 0.941 bits per heavy atom. The Morgan fingerprint density at radius 2 is 1.56 bits per heavy atom. The number of methoxy groups -OCH3 is 1. The zero-order valence-corrected chi connectivity index (χ0v) is 21.1. The lowest BCUT2D eigenvalue weighted by molar-refractivity contribution is -0.159. The van der Waals surface area contributed by atoms with E-state index in [9.17, 15) is 0 Å². The van der Waals surface area contributed by atoms with E-state index in [1.165, 1.54) is 49.9 Å². The normalized spacial score (nSPS) is 21.2. The van der Waals surface area contributed by atoms with Crippen molar-refractivity contribution in [2.75, 3.05) is 33.3 Å². The van der Waals surface area contributed by atoms with Crippen molar-refractivity contribution >= 4 is 27.9 Å². The van der Waals surface area contributed by atoms with Crippen LogP contribution in [0.2, 0.25) is 0 Å². The topological polar surface area (TPSA) is 90.3 Å². The lowest BCUT2D eigenvalue weighted by Crippen LogP contribution is -2.50. The Bertz CT molecular complexity index is 927. The van der Waals surface area contributed by atoms with Crippen molar-refractivity contribution < 1.29 is 24.5 Å². The molecule has 184 valence electrons. The number of rotatable bonds is 5. The van der Waals surface area contributed by atoms with E-state index in [2.05, 4.69) is 68.2 Å². The summed E-state index contributed by atoms with van der Waals surface area (Å²) in [5, 5.41) is 14.8. The number of benzene rings is 2. The highest BCUT2D eigenvalue weighted by Crippen LogP contribution is 2.35. The van der Waals surface area contributed by atoms with Crippen molar-refractivity contribution in [3.63, 3.8) is 0 Å². The van der Waals surface area contributed by atoms with Crippen molar-refractivity contribution in [2.24, 2.45) is 0 Å². The van der Waals surface area contributed by atoms with Gasteiger partial charge in [-0.25, -0.2) is 9.59 Å². The van der Waals surface area contributed by atoms with Gasteiger partial charge in [0.25, 0.3) is 0 Å². The van der Waals surface area contributed by atoms with Crippen molar-refractivity contribution in [2.45, 2.75) is 44.2 Å². The monoisotopic (exact) mass is 532 g/mol. The summed E-state index contributed by atoms with van der Waals surface area (Å²) in [7, 11) is 1.76. The third kappa shape index (κ3) is 7.55. The van der Waals surface area contributed by atoms with Gasteiger partial charge in [0.15, 0.2) is 0 Å². The third-order valence-electron chi connectivity index (χ3n) is 6.71. The van der Waals surface area contributed by atoms with E-state index >= 15 is 0 Å². The zero-order valence-electron chi connectivity index (χ0n) is 19.5. The van der Waals surface area contributed by atoms with Crippen LogP contribution in [0.3, 0.4) is 0 Å². The minimum absolute atomic E-state index is 0.766. The number of piperazine rings is 1. The molecule has 2 aromatic carbocycles. The largest absolute Gasteiger partial charge is 0.496 e. The summed E-state index contributed by atoms with van der Waals surface area (Å²) < 4.78 is 6.67. The molecule has 0 atom stereocenters. The van der Waals surface area contributed by atoms with Crippen LogP contribution in [0.15, 0.2) is 53.0 Å². The van der Waals surface area contributed by atoms with Gasteiger partial charge in [0.2, 0.25) is 0 Å². The number of carbonyl (C=O) groups is 2. The number of carboxylic acid groups (broad SMARTS) is 2. The number of carboxylic acids is 2. The summed E-state index contributed by atoms with van der Waals surface area (Å²) in [5.41, 5.74) is 2.81. The number of hydrogen-bond donors (Lipinski definition) is 2. The number of aliphatic carboxylic acids is 2. The molecule has 34 heavy (non-hydrogen) atoms. The Labute approximate surface area is 209 Å². The molecule has 8 heteroatoms. The lowest BCUT2D eigenvalue weighted by atomic mass is 9.81. The SMILES string of the molecule is COc1ccc(Br)cc1CN1CCN(C2CCC(c3ccccc3)CC2)CC1.O=C(O)C(=O)O. The second-order valence-electron chi connectivity index (χ2n) is 8.79. The molecule has 0 spiro atoms. The van der Waals surface area contributed by atoms with E-state index in [1.54, 1.807) is 7.11 Å². The van der Waals surface area contributed by atoms with Gasteiger partial charge >= 0.3 is 11.9 Å². The van der Waals surface area contributed by atoms with E-state index in [-0.39, 0.29) is 0 Å². The third-order valence-corrected chi connectivity index (χ3v) is 7.20. The lowest BCUT2D eigenvalue weighted by Gasteiger charge is -2.42. The highest BCUT2D eigenvalue weighted by molar-refractivity contribution is 9.10. The Kier molecular flexibility index (Phi) is 9.92. The second-order valence-corrected chi connectivity index (χ2v) is 9.71. The molecule has 2 aliphatic rings. The fourth-order valence-electron chi connectivity index (χ4n) is 4.90. The quantitative estimate of drug-likeness (QED) is 0.549. The van der Waals surface area contributed by atoms with Crippen molar-refractivity contribution in [1.29, 1.82) is 0 Å². The molecule has 2 aromatic rings. The molecule has 0 unspecified atom stereocenters. The van der Waals surface area contributed by atoms with Crippen LogP contribution < -0.4 is 4.74 Å². The first-order chi connectivity index (χ1) is 16.4. The maximum Gasteiger partial charge on any atom is 0.414 e. The van der Waals surface area contributed by atoms with E-state index < -0.39 is 11.9 Å². The van der Waals surface area contributed by atoms with Gasteiger partial charge in [0.1, 0.15) is 5.75 Å². The molecule has 4 rings (SSSR count). The number of nitrogens with zero attached hydrogens (tertiary/aromatic N) is 2. The second kappa shape index (κ2) is 12.9. The van der Waals surface area contributed by atoms with Crippen molar-refractivity contribution in [1.82, 2.24) is 9.80 Å². The molecule has 0 aromatic heterocycles. The van der Waals surface area contributed by atoms with E-state index in [0.29, 0.717) is 0 Å². The molecule has 1 heterocycles. The maximum absolute atomic E-state index is 9.10. The first-order valence-corrected chi connectivity index (χ1v) is 12.5. The van der Waals surface area contributed by atoms with Gasteiger partial charge in [-0.2, -0.15) is 0 Å². The first-order valence-electron chi connectivity index (χ1n) is 11.7. The molecular formula is C26H33BrN2O5. The van der Waals surface area contributed by atoms with E-state index in [1.807, 2.05) is 6.07 Å². The predicted octanol–water partition coefficient (Wildman–Crippen LogP) is 4.46. The molecule has 2 fully saturated rings. The molecule has 2 N–H and O–H groups in total. The molecule has 0 amide bonds. The number of halogens is 1. The summed E-state index contributed by atoms with van der Waals surface area (Å²) in [4.78, 5) is 23.5. The molecule has 7 nitrogen and oxygen atoms in total. The maximum atomic E-state index is 9.10. The molecule has 0 bridgehead atoms. The highest BCUT2D eigenvalue weighted by atomic mass is 79.9. The van der Waals surface area contributed by atoms with Gasteiger partial charge in [-0.15, -0.1) is 0 Å². The zero-order chi connectivity index (χ0) is 24.5. The standard InChI is InChI=1S/C24H31BrN2O.C2H2O4/c1-28-24-12-9-22(25)17-21(24)18-26-13-15-27(16-14-26)23-10-7-20(8-11-23)19-5-3-2-4-6-19;3-1(4)2(5)6/h2-6,9,12,17,20,23H,7-8,10-11,13-16,18H2,1H3;(H,3,4)(H,5,6). The van der Waals surface area contributed by atoms with Crippen LogP contribution >= 0.6 is 15.9 Å². The summed E-state index contributed by atoms with van der Waals surface area (Å²) in [6.45, 7) is 5.65. The molecular weight excluding hydrogens is 500 g/mol. The van der Waals surface area contributed by atoms with Gasteiger partial charge in [-0.05, 0) is 55.4 Å². The van der Waals surface area contributed by atoms with E-state index in [0.717, 1.165) is 41.8 Å². The van der Waals surface area contributed by atoms with Gasteiger partial charge in [-0.1, -0.05) is 46.3 Å². The van der Waals surface area contributed by atoms with Crippen LogP contribution in [-0.4, -0.2) is 71.3 Å². The Balaban J connectivity index is 0.000000481. The number of hydrogen-bond acceptors (Lipinski definition) is 5. The number of ether oxygens (including phenoxy) is 1. The smallest absolute Gasteiger partial charge is 0.414 e. The summed E-state index contributed by atoms with van der Waals surface area (Å²) in [5.74, 6) is -1.89. The van der Waals surface area contributed by atoms with Crippen LogP contribution in [0.1, 0.15) is 42.7 Å². The fraction of sp³-hybridized carbons (Fsp3) is 0.462. The van der Waals surface area contributed by atoms with Gasteiger partial charge in [-0.3, -0.25) is 9.80 Å². The summed E-state index contributed by atoms with van der Waals surface area (Å²) in [6.07, 6.45) is 5.37. The minimum atomic E-state index is -1.82. The molecule has 1 saturated carbocycles. The average molecular weight is 533 g/mol. The molecule has 1 aliphatic heterocycles.